The van der Waals surface area contributed by atoms with Crippen LogP contribution in [-0.4, -0.2) is 23.5 Å². The zero-order valence-corrected chi connectivity index (χ0v) is 18.9. The Morgan fingerprint density at radius 3 is 2.59 bits per heavy atom. The van der Waals surface area contributed by atoms with Gasteiger partial charge in [0.2, 0.25) is 0 Å². The number of benzene rings is 3. The summed E-state index contributed by atoms with van der Waals surface area (Å²) in [5, 5.41) is 7.33. The van der Waals surface area contributed by atoms with Crippen LogP contribution in [0.4, 0.5) is 5.69 Å². The predicted molar refractivity (Wildman–Crippen MR) is 124 cm³/mol. The van der Waals surface area contributed by atoms with Gasteiger partial charge in [-0.25, -0.2) is 0 Å². The Kier molecular flexibility index (Phi) is 6.83. The third kappa shape index (κ3) is 5.31. The number of ether oxygens (including phenoxy) is 1. The van der Waals surface area contributed by atoms with Crippen LogP contribution < -0.4 is 21.1 Å². The van der Waals surface area contributed by atoms with Gasteiger partial charge in [0.25, 0.3) is 11.8 Å². The topological polar surface area (TPSA) is 93.5 Å². The Hall–Kier alpha value is -2.49. The molecule has 0 heterocycles. The molecule has 0 unspecified atom stereocenters. The van der Waals surface area contributed by atoms with Gasteiger partial charge in [0.05, 0.1) is 15.7 Å². The number of rotatable bonds is 5. The summed E-state index contributed by atoms with van der Waals surface area (Å²) < 4.78 is 7.35. The highest BCUT2D eigenvalue weighted by Gasteiger charge is 2.12. The molecule has 3 rings (SSSR count). The summed E-state index contributed by atoms with van der Waals surface area (Å²) in [4.78, 5) is 23.6. The molecular weight excluding hydrogens is 522 g/mol. The van der Waals surface area contributed by atoms with Gasteiger partial charge >= 0.3 is 0 Å². The van der Waals surface area contributed by atoms with Crippen LogP contribution >= 0.6 is 44.1 Å². The molecule has 0 bridgehead atoms. The van der Waals surface area contributed by atoms with E-state index in [1.807, 2.05) is 24.3 Å². The Balaban J connectivity index is 1.61. The number of nitrogens with two attached hydrogens (primary N) is 1. The quantitative estimate of drug-likeness (QED) is 0.421. The van der Waals surface area contributed by atoms with E-state index in [4.69, 9.17) is 22.7 Å². The number of nitrogens with one attached hydrogen (secondary N) is 2. The molecule has 0 fully saturated rings. The van der Waals surface area contributed by atoms with Crippen molar-refractivity contribution in [1.29, 1.82) is 0 Å². The van der Waals surface area contributed by atoms with Gasteiger partial charge in [-0.1, -0.05) is 40.2 Å². The highest BCUT2D eigenvalue weighted by atomic mass is 79.9. The molecule has 0 radical (unpaired) electrons. The molecule has 6 nitrogen and oxygen atoms in total. The Morgan fingerprint density at radius 2 is 1.83 bits per heavy atom. The highest BCUT2D eigenvalue weighted by Crippen LogP contribution is 2.34. The van der Waals surface area contributed by atoms with Crippen LogP contribution in [0.5, 0.6) is 5.75 Å². The normalized spacial score (nSPS) is 10.4. The fourth-order valence-corrected chi connectivity index (χ4v) is 3.83. The van der Waals surface area contributed by atoms with Gasteiger partial charge in [0.1, 0.15) is 5.75 Å². The second kappa shape index (κ2) is 9.34. The van der Waals surface area contributed by atoms with Gasteiger partial charge in [0, 0.05) is 4.47 Å². The molecule has 9 heteroatoms. The number of amides is 2. The second-order valence-corrected chi connectivity index (χ2v) is 8.06. The van der Waals surface area contributed by atoms with Crippen molar-refractivity contribution in [3.05, 3.63) is 69.1 Å². The summed E-state index contributed by atoms with van der Waals surface area (Å²) >= 11 is 12.1. The zero-order chi connectivity index (χ0) is 21.0. The lowest BCUT2D eigenvalue weighted by molar-refractivity contribution is -0.121. The maximum absolute atomic E-state index is 12.2. The summed E-state index contributed by atoms with van der Waals surface area (Å²) in [7, 11) is 0. The first-order valence-corrected chi connectivity index (χ1v) is 10.3. The van der Waals surface area contributed by atoms with Gasteiger partial charge < -0.3 is 15.8 Å². The van der Waals surface area contributed by atoms with E-state index < -0.39 is 11.8 Å². The van der Waals surface area contributed by atoms with Crippen LogP contribution in [0.25, 0.3) is 10.8 Å². The molecule has 0 saturated carbocycles. The molecule has 148 valence electrons. The molecule has 29 heavy (non-hydrogen) atoms. The number of thiocarbonyl (C=S) groups is 1. The van der Waals surface area contributed by atoms with E-state index >= 15 is 0 Å². The van der Waals surface area contributed by atoms with Crippen molar-refractivity contribution in [1.82, 2.24) is 5.32 Å². The van der Waals surface area contributed by atoms with Crippen molar-refractivity contribution in [2.75, 3.05) is 11.9 Å². The van der Waals surface area contributed by atoms with Gasteiger partial charge in [-0.15, -0.1) is 0 Å². The SMILES string of the molecule is NC(=O)c1ccccc1NC(=S)NC(=O)COc1ccc2cc(Br)ccc2c1Br. The molecule has 0 aliphatic rings. The molecule has 2 amide bonds. The molecule has 3 aromatic rings. The first-order valence-electron chi connectivity index (χ1n) is 8.35. The van der Waals surface area contributed by atoms with Crippen LogP contribution in [0.2, 0.25) is 0 Å². The summed E-state index contributed by atoms with van der Waals surface area (Å²) in [6, 6.07) is 16.2. The highest BCUT2D eigenvalue weighted by molar-refractivity contribution is 9.11. The van der Waals surface area contributed by atoms with Crippen LogP contribution in [0, 0.1) is 0 Å². The van der Waals surface area contributed by atoms with E-state index in [0.29, 0.717) is 11.4 Å². The first-order chi connectivity index (χ1) is 13.8. The largest absolute Gasteiger partial charge is 0.483 e. The van der Waals surface area contributed by atoms with Gasteiger partial charge in [-0.05, 0) is 69.3 Å². The van der Waals surface area contributed by atoms with Gasteiger partial charge in [-0.2, -0.15) is 0 Å². The zero-order valence-electron chi connectivity index (χ0n) is 14.9. The van der Waals surface area contributed by atoms with E-state index in [1.54, 1.807) is 30.3 Å². The number of halogens is 2. The lowest BCUT2D eigenvalue weighted by atomic mass is 10.1. The molecule has 0 aliphatic carbocycles. The van der Waals surface area contributed by atoms with Crippen molar-refractivity contribution in [3.8, 4) is 5.75 Å². The number of carbonyl (C=O) groups is 2. The van der Waals surface area contributed by atoms with Crippen LogP contribution in [0.15, 0.2) is 63.5 Å². The second-order valence-electron chi connectivity index (χ2n) is 5.94. The maximum Gasteiger partial charge on any atom is 0.264 e. The van der Waals surface area contributed by atoms with Crippen LogP contribution in [0.3, 0.4) is 0 Å². The van der Waals surface area contributed by atoms with Gasteiger partial charge in [-0.3, -0.25) is 14.9 Å². The van der Waals surface area contributed by atoms with Gasteiger partial charge in [0.15, 0.2) is 11.7 Å². The third-order valence-corrected chi connectivity index (χ3v) is 5.45. The summed E-state index contributed by atoms with van der Waals surface area (Å²) in [5.74, 6) is -0.506. The van der Waals surface area contributed by atoms with E-state index in [2.05, 4.69) is 42.5 Å². The van der Waals surface area contributed by atoms with E-state index in [0.717, 1.165) is 19.7 Å². The molecule has 0 atom stereocenters. The molecule has 0 spiro atoms. The van der Waals surface area contributed by atoms with Crippen LogP contribution in [0.1, 0.15) is 10.4 Å². The third-order valence-electron chi connectivity index (χ3n) is 3.93. The fraction of sp³-hybridized carbons (Fsp3) is 0.0500. The number of primary amides is 1. The van der Waals surface area contributed by atoms with E-state index in [9.17, 15) is 9.59 Å². The summed E-state index contributed by atoms with van der Waals surface area (Å²) in [5.41, 5.74) is 6.01. The molecule has 0 aromatic heterocycles. The first kappa shape index (κ1) is 21.2. The van der Waals surface area contributed by atoms with Crippen molar-refractivity contribution in [2.24, 2.45) is 5.73 Å². The molecule has 0 saturated heterocycles. The van der Waals surface area contributed by atoms with E-state index in [1.165, 1.54) is 0 Å². The monoisotopic (exact) mass is 535 g/mol. The number of carbonyl (C=O) groups excluding carboxylic acids is 2. The van der Waals surface area contributed by atoms with Crippen LogP contribution in [-0.2, 0) is 4.79 Å². The van der Waals surface area contributed by atoms with Crippen molar-refractivity contribution < 1.29 is 14.3 Å². The number of para-hydroxylation sites is 1. The Labute approximate surface area is 189 Å². The standard InChI is InChI=1S/C20H15Br2N3O3S/c21-12-6-7-13-11(9-12)5-8-16(18(13)22)28-10-17(26)25-20(29)24-15-4-2-1-3-14(15)19(23)27/h1-9H,10H2,(H2,23,27)(H2,24,25,26,29). The minimum atomic E-state index is -0.598. The van der Waals surface area contributed by atoms with E-state index in [-0.39, 0.29) is 17.3 Å². The molecule has 4 N–H and O–H groups in total. The average molecular weight is 537 g/mol. The minimum Gasteiger partial charge on any atom is -0.483 e. The number of hydrogen-bond acceptors (Lipinski definition) is 4. The smallest absolute Gasteiger partial charge is 0.264 e. The fourth-order valence-electron chi connectivity index (χ4n) is 2.62. The maximum atomic E-state index is 12.2. The summed E-state index contributed by atoms with van der Waals surface area (Å²) in [6.45, 7) is -0.236. The predicted octanol–water partition coefficient (Wildman–Crippen LogP) is 4.36. The Bertz CT molecular complexity index is 1120. The molecule has 3 aromatic carbocycles. The van der Waals surface area contributed by atoms with Crippen molar-refractivity contribution in [2.45, 2.75) is 0 Å². The number of anilines is 1. The lowest BCUT2D eigenvalue weighted by Gasteiger charge is -2.13. The number of hydrogen-bond donors (Lipinski definition) is 3. The summed E-state index contributed by atoms with van der Waals surface area (Å²) in [6.07, 6.45) is 0. The number of fused-ring (bicyclic) bond motifs is 1. The van der Waals surface area contributed by atoms with Crippen molar-refractivity contribution >= 4 is 77.5 Å². The lowest BCUT2D eigenvalue weighted by Crippen LogP contribution is -2.37. The molecular formula is C20H15Br2N3O3S. The molecule has 0 aliphatic heterocycles. The Morgan fingerprint density at radius 1 is 1.07 bits per heavy atom. The minimum absolute atomic E-state index is 0.0368. The van der Waals surface area contributed by atoms with Crippen molar-refractivity contribution in [3.63, 3.8) is 0 Å². The average Bonchev–Trinajstić information content (AvgIpc) is 2.67.